The fourth-order valence-corrected chi connectivity index (χ4v) is 2.01. The van der Waals surface area contributed by atoms with Crippen LogP contribution in [0.25, 0.3) is 0 Å². The third kappa shape index (κ3) is 3.49. The maximum absolute atomic E-state index is 11.9. The van der Waals surface area contributed by atoms with Crippen LogP contribution in [0.1, 0.15) is 10.4 Å². The summed E-state index contributed by atoms with van der Waals surface area (Å²) in [5, 5.41) is 0. The fourth-order valence-electron chi connectivity index (χ4n) is 0.838. The first-order valence-electron chi connectivity index (χ1n) is 3.53. The van der Waals surface area contributed by atoms with E-state index in [-0.39, 0.29) is 10.0 Å². The highest BCUT2D eigenvalue weighted by Crippen LogP contribution is 2.34. The van der Waals surface area contributed by atoms with Crippen LogP contribution in [-0.4, -0.2) is 12.6 Å². The van der Waals surface area contributed by atoms with Gasteiger partial charge in [-0.05, 0) is 28.1 Å². The number of rotatable bonds is 2. The van der Waals surface area contributed by atoms with Gasteiger partial charge >= 0.3 is 6.36 Å². The van der Waals surface area contributed by atoms with Crippen molar-refractivity contribution in [2.24, 2.45) is 0 Å². The van der Waals surface area contributed by atoms with Crippen molar-refractivity contribution in [3.8, 4) is 5.75 Å². The Morgan fingerprint density at radius 3 is 2.27 bits per heavy atom. The number of hydrogen-bond donors (Lipinski definition) is 0. The highest BCUT2D eigenvalue weighted by atomic mass is 79.9. The maximum atomic E-state index is 11.9. The minimum Gasteiger partial charge on any atom is -0.405 e. The van der Waals surface area contributed by atoms with Crippen molar-refractivity contribution in [3.63, 3.8) is 0 Å². The molecule has 0 unspecified atom stereocenters. The van der Waals surface area contributed by atoms with Gasteiger partial charge in [0.25, 0.3) is 0 Å². The van der Waals surface area contributed by atoms with E-state index >= 15 is 0 Å². The predicted molar refractivity (Wildman–Crippen MR) is 53.9 cm³/mol. The van der Waals surface area contributed by atoms with E-state index in [1.54, 1.807) is 0 Å². The first kappa shape index (κ1) is 12.5. The lowest BCUT2D eigenvalue weighted by molar-refractivity contribution is -0.274. The van der Waals surface area contributed by atoms with E-state index in [2.05, 4.69) is 36.6 Å². The van der Waals surface area contributed by atoms with Crippen molar-refractivity contribution in [1.82, 2.24) is 0 Å². The van der Waals surface area contributed by atoms with Gasteiger partial charge in [-0.25, -0.2) is 0 Å². The summed E-state index contributed by atoms with van der Waals surface area (Å²) in [7, 11) is 0. The normalized spacial score (nSPS) is 11.3. The molecule has 1 aromatic carbocycles. The van der Waals surface area contributed by atoms with Gasteiger partial charge in [0.05, 0.1) is 4.47 Å². The predicted octanol–water partition coefficient (Wildman–Crippen LogP) is 3.92. The molecule has 0 aliphatic heterocycles. The largest absolute Gasteiger partial charge is 0.573 e. The highest BCUT2D eigenvalue weighted by molar-refractivity contribution is 9.11. The van der Waals surface area contributed by atoms with Gasteiger partial charge in [-0.2, -0.15) is 0 Å². The van der Waals surface area contributed by atoms with Gasteiger partial charge in [-0.15, -0.1) is 13.2 Å². The summed E-state index contributed by atoms with van der Waals surface area (Å²) in [6.45, 7) is 0. The molecule has 0 aliphatic carbocycles. The number of alkyl halides is 3. The van der Waals surface area contributed by atoms with Crippen molar-refractivity contribution in [2.45, 2.75) is 6.36 Å². The summed E-state index contributed by atoms with van der Waals surface area (Å²) in [6.07, 6.45) is -4.35. The number of aldehydes is 1. The van der Waals surface area contributed by atoms with E-state index < -0.39 is 12.1 Å². The Morgan fingerprint density at radius 2 is 1.80 bits per heavy atom. The Hall–Kier alpha value is -0.560. The average molecular weight is 348 g/mol. The minimum absolute atomic E-state index is 0.0810. The Bertz CT molecular complexity index is 390. The van der Waals surface area contributed by atoms with Crippen LogP contribution >= 0.6 is 31.9 Å². The molecule has 2 nitrogen and oxygen atoms in total. The molecule has 0 saturated carbocycles. The third-order valence-electron chi connectivity index (χ3n) is 1.40. The van der Waals surface area contributed by atoms with E-state index in [1.165, 1.54) is 6.07 Å². The minimum atomic E-state index is -4.78. The molecule has 0 spiro atoms. The summed E-state index contributed by atoms with van der Waals surface area (Å²) >= 11 is 5.92. The number of halogens is 5. The molecule has 1 aromatic rings. The standard InChI is InChI=1S/C8H3Br2F3O2/c9-5-2-6(10)7(1-4(5)3-14)15-8(11,12)13/h1-3H. The molecular formula is C8H3Br2F3O2. The number of carbonyl (C=O) groups is 1. The van der Waals surface area contributed by atoms with E-state index in [0.29, 0.717) is 10.8 Å². The highest BCUT2D eigenvalue weighted by Gasteiger charge is 2.32. The fraction of sp³-hybridized carbons (Fsp3) is 0.125. The molecular weight excluding hydrogens is 345 g/mol. The van der Waals surface area contributed by atoms with Crippen LogP contribution in [0.5, 0.6) is 5.75 Å². The van der Waals surface area contributed by atoms with E-state index in [9.17, 15) is 18.0 Å². The molecule has 82 valence electrons. The van der Waals surface area contributed by atoms with Crippen LogP contribution in [0, 0.1) is 0 Å². The van der Waals surface area contributed by atoms with Crippen LogP contribution in [-0.2, 0) is 0 Å². The summed E-state index contributed by atoms with van der Waals surface area (Å²) in [5.74, 6) is -0.451. The van der Waals surface area contributed by atoms with Crippen molar-refractivity contribution in [1.29, 1.82) is 0 Å². The Kier molecular flexibility index (Phi) is 3.77. The molecule has 0 N–H and O–H groups in total. The molecule has 0 bridgehead atoms. The van der Waals surface area contributed by atoms with Gasteiger partial charge in [-0.3, -0.25) is 4.79 Å². The molecule has 0 aliphatic rings. The molecule has 0 atom stereocenters. The third-order valence-corrected chi connectivity index (χ3v) is 2.71. The zero-order valence-electron chi connectivity index (χ0n) is 6.94. The molecule has 15 heavy (non-hydrogen) atoms. The second-order valence-corrected chi connectivity index (χ2v) is 4.18. The van der Waals surface area contributed by atoms with Crippen molar-refractivity contribution in [3.05, 3.63) is 26.6 Å². The molecule has 1 rings (SSSR count). The number of carbonyl (C=O) groups excluding carboxylic acids is 1. The SMILES string of the molecule is O=Cc1cc(OC(F)(F)F)c(Br)cc1Br. The Labute approximate surface area is 99.7 Å². The van der Waals surface area contributed by atoms with Gasteiger partial charge in [-0.1, -0.05) is 15.9 Å². The Morgan fingerprint density at radius 1 is 1.20 bits per heavy atom. The summed E-state index contributed by atoms with van der Waals surface area (Å²) in [4.78, 5) is 10.5. The number of hydrogen-bond acceptors (Lipinski definition) is 2. The topological polar surface area (TPSA) is 26.3 Å². The molecule has 0 heterocycles. The quantitative estimate of drug-likeness (QED) is 0.758. The number of ether oxygens (including phenoxy) is 1. The zero-order chi connectivity index (χ0) is 11.6. The van der Waals surface area contributed by atoms with Gasteiger partial charge in [0.15, 0.2) is 6.29 Å². The second kappa shape index (κ2) is 4.52. The first-order valence-corrected chi connectivity index (χ1v) is 5.12. The molecule has 0 saturated heterocycles. The van der Waals surface area contributed by atoms with E-state index in [0.717, 1.165) is 6.07 Å². The van der Waals surface area contributed by atoms with Crippen LogP contribution in [0.15, 0.2) is 21.1 Å². The first-order chi connectivity index (χ1) is 6.83. The number of benzene rings is 1. The maximum Gasteiger partial charge on any atom is 0.573 e. The summed E-state index contributed by atoms with van der Waals surface area (Å²) in [5.41, 5.74) is 0.0810. The van der Waals surface area contributed by atoms with Gasteiger partial charge in [0, 0.05) is 10.0 Å². The molecule has 0 amide bonds. The van der Waals surface area contributed by atoms with Gasteiger partial charge < -0.3 is 4.74 Å². The molecule has 0 aromatic heterocycles. The lowest BCUT2D eigenvalue weighted by Crippen LogP contribution is -2.17. The van der Waals surface area contributed by atoms with Crippen LogP contribution in [0.2, 0.25) is 0 Å². The van der Waals surface area contributed by atoms with E-state index in [4.69, 9.17) is 0 Å². The van der Waals surface area contributed by atoms with E-state index in [1.807, 2.05) is 0 Å². The zero-order valence-corrected chi connectivity index (χ0v) is 10.1. The lowest BCUT2D eigenvalue weighted by Gasteiger charge is -2.11. The van der Waals surface area contributed by atoms with Crippen LogP contribution < -0.4 is 4.74 Å². The second-order valence-electron chi connectivity index (χ2n) is 2.47. The average Bonchev–Trinajstić information content (AvgIpc) is 2.07. The van der Waals surface area contributed by atoms with Crippen molar-refractivity contribution in [2.75, 3.05) is 0 Å². The monoisotopic (exact) mass is 346 g/mol. The summed E-state index contributed by atoms with van der Waals surface area (Å²) < 4.78 is 39.9. The molecule has 7 heteroatoms. The van der Waals surface area contributed by atoms with Crippen molar-refractivity contribution < 1.29 is 22.7 Å². The van der Waals surface area contributed by atoms with Crippen LogP contribution in [0.4, 0.5) is 13.2 Å². The molecule has 0 fully saturated rings. The van der Waals surface area contributed by atoms with Crippen LogP contribution in [0.3, 0.4) is 0 Å². The molecule has 0 radical (unpaired) electrons. The summed E-state index contributed by atoms with van der Waals surface area (Å²) in [6, 6.07) is 2.31. The Balaban J connectivity index is 3.13. The van der Waals surface area contributed by atoms with Crippen molar-refractivity contribution >= 4 is 38.1 Å². The van der Waals surface area contributed by atoms with Gasteiger partial charge in [0.2, 0.25) is 0 Å². The smallest absolute Gasteiger partial charge is 0.405 e. The van der Waals surface area contributed by atoms with Gasteiger partial charge in [0.1, 0.15) is 5.75 Å². The lowest BCUT2D eigenvalue weighted by atomic mass is 10.2.